The lowest BCUT2D eigenvalue weighted by Crippen LogP contribution is -2.31. The number of tetrazole rings is 1. The number of carbonyl (C=O) groups excluding carboxylic acids is 2. The second-order valence-electron chi connectivity index (χ2n) is 9.43. The highest BCUT2D eigenvalue weighted by Gasteiger charge is 2.25. The highest BCUT2D eigenvalue weighted by molar-refractivity contribution is 8.14. The van der Waals surface area contributed by atoms with Crippen LogP contribution in [0.1, 0.15) is 30.6 Å². The third kappa shape index (κ3) is 7.53. The topological polar surface area (TPSA) is 169 Å². The number of H-pyrrole nitrogens is 1. The Morgan fingerprint density at radius 1 is 1.23 bits per heavy atom. The number of anilines is 1. The average Bonchev–Trinajstić information content (AvgIpc) is 3.68. The lowest BCUT2D eigenvalue weighted by molar-refractivity contribution is -0.117. The number of halogens is 1. The number of thioether (sulfide) groups is 1. The Balaban J connectivity index is 1.41. The number of aromatic amines is 1. The molecule has 220 valence electrons. The summed E-state index contributed by atoms with van der Waals surface area (Å²) in [6.07, 6.45) is 4.33. The molecule has 2 unspecified atom stereocenters. The summed E-state index contributed by atoms with van der Waals surface area (Å²) >= 11 is 7.86. The van der Waals surface area contributed by atoms with Crippen LogP contribution in [0, 0.1) is 0 Å². The molecule has 2 atom stereocenters. The van der Waals surface area contributed by atoms with Crippen molar-refractivity contribution in [1.29, 1.82) is 0 Å². The molecule has 0 saturated carbocycles. The van der Waals surface area contributed by atoms with E-state index in [9.17, 15) is 14.4 Å². The number of rotatable bonds is 9. The molecule has 1 aliphatic rings. The molecule has 43 heavy (non-hydrogen) atoms. The second kappa shape index (κ2) is 13.4. The van der Waals surface area contributed by atoms with E-state index in [2.05, 4.69) is 46.1 Å². The van der Waals surface area contributed by atoms with E-state index in [0.717, 1.165) is 10.8 Å². The number of aliphatic imine (C=N–C) groups is 1. The van der Waals surface area contributed by atoms with Gasteiger partial charge < -0.3 is 10.1 Å². The van der Waals surface area contributed by atoms with Crippen LogP contribution in [0.3, 0.4) is 0 Å². The predicted molar refractivity (Wildman–Crippen MR) is 164 cm³/mol. The molecule has 0 spiro atoms. The molecule has 2 aromatic carbocycles. The number of nitrogens with zero attached hydrogens (tertiary/aromatic N) is 6. The minimum Gasteiger partial charge on any atom is -0.453 e. The summed E-state index contributed by atoms with van der Waals surface area (Å²) in [7, 11) is 1.27. The van der Waals surface area contributed by atoms with Crippen molar-refractivity contribution in [2.75, 3.05) is 18.2 Å². The fourth-order valence-corrected chi connectivity index (χ4v) is 5.48. The molecule has 0 aliphatic carbocycles. The van der Waals surface area contributed by atoms with E-state index in [1.54, 1.807) is 66.4 Å². The van der Waals surface area contributed by atoms with Crippen molar-refractivity contribution >= 4 is 52.2 Å². The molecule has 3 N–H and O–H groups in total. The lowest BCUT2D eigenvalue weighted by Gasteiger charge is -2.20. The zero-order chi connectivity index (χ0) is 30.3. The zero-order valence-electron chi connectivity index (χ0n) is 23.0. The molecule has 0 saturated heterocycles. The van der Waals surface area contributed by atoms with Crippen LogP contribution < -0.4 is 16.2 Å². The SMILES string of the molecule is COC(=O)Nc1ccc(-c2cc(C(CC3CSC(C)=N3)NC(=O)/C=C/c3cc(Cl)ccc3-n3cnnn3)n[nH]c2=O)cc1. The number of ether oxygens (including phenoxy) is 1. The van der Waals surface area contributed by atoms with E-state index in [-0.39, 0.29) is 11.9 Å². The summed E-state index contributed by atoms with van der Waals surface area (Å²) in [5.41, 5.74) is 2.81. The first-order chi connectivity index (χ1) is 20.8. The van der Waals surface area contributed by atoms with E-state index < -0.39 is 17.7 Å². The van der Waals surface area contributed by atoms with Gasteiger partial charge in [0.1, 0.15) is 6.33 Å². The van der Waals surface area contributed by atoms with E-state index in [1.165, 1.54) is 24.2 Å². The molecular formula is C28H26ClN9O4S. The molecule has 2 aromatic heterocycles. The van der Waals surface area contributed by atoms with Crippen LogP contribution in [-0.2, 0) is 9.53 Å². The average molecular weight is 620 g/mol. The van der Waals surface area contributed by atoms with E-state index in [1.807, 2.05) is 6.92 Å². The molecule has 4 aromatic rings. The number of methoxy groups -OCH3 is 1. The van der Waals surface area contributed by atoms with Crippen LogP contribution in [0.5, 0.6) is 0 Å². The van der Waals surface area contributed by atoms with Gasteiger partial charge in [0, 0.05) is 28.1 Å². The maximum atomic E-state index is 13.2. The molecule has 0 radical (unpaired) electrons. The number of aromatic nitrogens is 6. The monoisotopic (exact) mass is 619 g/mol. The van der Waals surface area contributed by atoms with Gasteiger partial charge in [0.05, 0.1) is 41.2 Å². The number of benzene rings is 2. The number of nitrogens with one attached hydrogen (secondary N) is 3. The van der Waals surface area contributed by atoms with Crippen LogP contribution in [0.4, 0.5) is 10.5 Å². The molecule has 0 bridgehead atoms. The zero-order valence-corrected chi connectivity index (χ0v) is 24.6. The van der Waals surface area contributed by atoms with Gasteiger partial charge in [-0.3, -0.25) is 19.9 Å². The van der Waals surface area contributed by atoms with Gasteiger partial charge in [-0.2, -0.15) is 9.78 Å². The van der Waals surface area contributed by atoms with Gasteiger partial charge in [0.2, 0.25) is 5.91 Å². The Morgan fingerprint density at radius 3 is 2.74 bits per heavy atom. The third-order valence-electron chi connectivity index (χ3n) is 6.48. The van der Waals surface area contributed by atoms with Gasteiger partial charge in [-0.1, -0.05) is 23.7 Å². The minimum atomic E-state index is -0.602. The molecule has 5 rings (SSSR count). The molecule has 13 nitrogen and oxygen atoms in total. The normalized spacial score (nSPS) is 15.2. The quantitative estimate of drug-likeness (QED) is 0.234. The van der Waals surface area contributed by atoms with Crippen molar-refractivity contribution in [3.63, 3.8) is 0 Å². The van der Waals surface area contributed by atoms with E-state index in [0.29, 0.717) is 45.2 Å². The van der Waals surface area contributed by atoms with Crippen molar-refractivity contribution in [3.05, 3.63) is 87.6 Å². The molecule has 3 heterocycles. The van der Waals surface area contributed by atoms with Gasteiger partial charge in [-0.25, -0.2) is 9.89 Å². The summed E-state index contributed by atoms with van der Waals surface area (Å²) < 4.78 is 6.09. The maximum Gasteiger partial charge on any atom is 0.411 e. The fraction of sp³-hybridized carbons (Fsp3) is 0.214. The van der Waals surface area contributed by atoms with Crippen molar-refractivity contribution in [2.24, 2.45) is 4.99 Å². The molecule has 2 amide bonds. The smallest absolute Gasteiger partial charge is 0.411 e. The first-order valence-electron chi connectivity index (χ1n) is 13.0. The van der Waals surface area contributed by atoms with Gasteiger partial charge in [0.25, 0.3) is 5.56 Å². The number of amides is 2. The summed E-state index contributed by atoms with van der Waals surface area (Å²) in [6, 6.07) is 12.9. The number of carbonyl (C=O) groups is 2. The van der Waals surface area contributed by atoms with Crippen LogP contribution >= 0.6 is 23.4 Å². The minimum absolute atomic E-state index is 0.0421. The Bertz CT molecular complexity index is 1740. The Hall–Kier alpha value is -4.82. The summed E-state index contributed by atoms with van der Waals surface area (Å²) in [4.78, 5) is 42.2. The predicted octanol–water partition coefficient (Wildman–Crippen LogP) is 4.04. The second-order valence-corrected chi connectivity index (χ2v) is 11.1. The number of hydrogen-bond acceptors (Lipinski definition) is 10. The first-order valence-corrected chi connectivity index (χ1v) is 14.4. The maximum absolute atomic E-state index is 13.2. The highest BCUT2D eigenvalue weighted by atomic mass is 35.5. The molecule has 0 fully saturated rings. The Labute approximate surface area is 254 Å². The van der Waals surface area contributed by atoms with Crippen molar-refractivity contribution in [1.82, 2.24) is 35.7 Å². The van der Waals surface area contributed by atoms with Crippen LogP contribution in [0.25, 0.3) is 22.9 Å². The van der Waals surface area contributed by atoms with Gasteiger partial charge in [-0.15, -0.1) is 16.9 Å². The Morgan fingerprint density at radius 2 is 2.05 bits per heavy atom. The molecular weight excluding hydrogens is 594 g/mol. The van der Waals surface area contributed by atoms with Crippen LogP contribution in [0.2, 0.25) is 5.02 Å². The van der Waals surface area contributed by atoms with Crippen molar-refractivity contribution in [3.8, 4) is 16.8 Å². The summed E-state index contributed by atoms with van der Waals surface area (Å²) in [5, 5.41) is 25.1. The standard InChI is InChI=1S/C28H26ClN9O4S/c1-16-31-21(14-43-16)12-23(33-26(39)10-5-18-11-19(29)6-9-25(18)38-15-30-36-37-38)24-13-22(27(40)35-34-24)17-3-7-20(8-4-17)32-28(41)42-2/h3-11,13,15,21,23H,12,14H2,1-2H3,(H,32,41)(H,33,39)(H,35,40)/b10-5+. The summed E-state index contributed by atoms with van der Waals surface area (Å²) in [6.45, 7) is 1.95. The Kier molecular flexibility index (Phi) is 9.27. The molecule has 15 heteroatoms. The third-order valence-corrected chi connectivity index (χ3v) is 7.79. The highest BCUT2D eigenvalue weighted by Crippen LogP contribution is 2.28. The molecule has 1 aliphatic heterocycles. The van der Waals surface area contributed by atoms with Gasteiger partial charge in [0.15, 0.2) is 0 Å². The summed E-state index contributed by atoms with van der Waals surface area (Å²) in [5.74, 6) is 0.392. The number of hydrogen-bond donors (Lipinski definition) is 3. The largest absolute Gasteiger partial charge is 0.453 e. The fourth-order valence-electron chi connectivity index (χ4n) is 4.44. The lowest BCUT2D eigenvalue weighted by atomic mass is 10.0. The van der Waals surface area contributed by atoms with Crippen molar-refractivity contribution in [2.45, 2.75) is 25.4 Å². The van der Waals surface area contributed by atoms with Gasteiger partial charge in [-0.05, 0) is 71.8 Å². The van der Waals surface area contributed by atoms with E-state index in [4.69, 9.17) is 11.6 Å². The van der Waals surface area contributed by atoms with Gasteiger partial charge >= 0.3 is 6.09 Å². The van der Waals surface area contributed by atoms with Crippen LogP contribution in [-0.4, -0.2) is 66.4 Å². The van der Waals surface area contributed by atoms with Crippen LogP contribution in [0.15, 0.2) is 70.7 Å². The first kappa shape index (κ1) is 29.7. The van der Waals surface area contributed by atoms with E-state index >= 15 is 0 Å². The van der Waals surface area contributed by atoms with Crippen molar-refractivity contribution < 1.29 is 14.3 Å².